The van der Waals surface area contributed by atoms with E-state index in [0.29, 0.717) is 12.4 Å². The quantitative estimate of drug-likeness (QED) is 0.510. The molecule has 2 aliphatic rings. The number of rotatable bonds is 5. The maximum atomic E-state index is 12.5. The lowest BCUT2D eigenvalue weighted by Gasteiger charge is -2.16. The number of aromatic amines is 2. The minimum atomic E-state index is -0.208. The summed E-state index contributed by atoms with van der Waals surface area (Å²) < 4.78 is 1.71. The van der Waals surface area contributed by atoms with Crippen molar-refractivity contribution in [2.24, 2.45) is 11.8 Å². The van der Waals surface area contributed by atoms with Crippen molar-refractivity contribution >= 4 is 16.8 Å². The van der Waals surface area contributed by atoms with E-state index in [1.54, 1.807) is 4.57 Å². The Balaban J connectivity index is 1.22. The van der Waals surface area contributed by atoms with Crippen molar-refractivity contribution in [1.82, 2.24) is 29.9 Å². The highest BCUT2D eigenvalue weighted by molar-refractivity contribution is 5.84. The van der Waals surface area contributed by atoms with Crippen LogP contribution in [0.3, 0.4) is 0 Å². The van der Waals surface area contributed by atoms with Crippen molar-refractivity contribution < 1.29 is 4.79 Å². The van der Waals surface area contributed by atoms with E-state index in [9.17, 15) is 9.59 Å². The number of likely N-dealkylation sites (tertiary alicyclic amines) is 1. The average Bonchev–Trinajstić information content (AvgIpc) is 3.21. The maximum Gasteiger partial charge on any atom is 0.343 e. The summed E-state index contributed by atoms with van der Waals surface area (Å²) in [5.41, 5.74) is 3.86. The molecular formula is C24H24N6O2. The van der Waals surface area contributed by atoms with Crippen molar-refractivity contribution in [2.75, 3.05) is 13.1 Å². The molecule has 0 spiro atoms. The molecule has 1 unspecified atom stereocenters. The van der Waals surface area contributed by atoms with E-state index >= 15 is 0 Å². The van der Waals surface area contributed by atoms with Crippen LogP contribution in [0.5, 0.6) is 0 Å². The number of H-pyrrole nitrogens is 2. The molecule has 4 aromatic rings. The topological polar surface area (TPSA) is 99.7 Å². The lowest BCUT2D eigenvalue weighted by molar-refractivity contribution is -0.131. The van der Waals surface area contributed by atoms with Gasteiger partial charge in [0.2, 0.25) is 5.91 Å². The Morgan fingerprint density at radius 3 is 2.59 bits per heavy atom. The predicted octanol–water partition coefficient (Wildman–Crippen LogP) is 3.04. The smallest absolute Gasteiger partial charge is 0.342 e. The first-order valence-electron chi connectivity index (χ1n) is 11.1. The van der Waals surface area contributed by atoms with E-state index in [1.807, 2.05) is 41.4 Å². The van der Waals surface area contributed by atoms with Crippen molar-refractivity contribution in [1.29, 1.82) is 0 Å². The first-order chi connectivity index (χ1) is 15.7. The molecule has 0 bridgehead atoms. The molecule has 162 valence electrons. The molecule has 32 heavy (non-hydrogen) atoms. The molecule has 2 aromatic heterocycles. The van der Waals surface area contributed by atoms with Gasteiger partial charge in [-0.05, 0) is 42.4 Å². The van der Waals surface area contributed by atoms with Gasteiger partial charge in [-0.2, -0.15) is 10.2 Å². The Bertz CT molecular complexity index is 1340. The van der Waals surface area contributed by atoms with E-state index in [-0.39, 0.29) is 23.4 Å². The standard InChI is InChI=1S/C24H24N6O2/c31-23(18-5-6-18)29-10-9-15(13-29)14-30-22(27-28-24(30)32)17-3-1-16(2-4-17)19-7-8-20-12-25-26-21(20)11-19/h1-4,7-8,11-12,15,18H,5-6,9-10,13-14H2,(H,25,26)(H,28,32). The number of carbonyl (C=O) groups excluding carboxylic acids is 1. The van der Waals surface area contributed by atoms with Crippen LogP contribution in [-0.4, -0.2) is 48.9 Å². The summed E-state index contributed by atoms with van der Waals surface area (Å²) in [5.74, 6) is 1.44. The van der Waals surface area contributed by atoms with Gasteiger partial charge >= 0.3 is 5.69 Å². The van der Waals surface area contributed by atoms with E-state index in [0.717, 1.165) is 59.9 Å². The lowest BCUT2D eigenvalue weighted by atomic mass is 10.0. The van der Waals surface area contributed by atoms with Crippen molar-refractivity contribution in [3.63, 3.8) is 0 Å². The van der Waals surface area contributed by atoms with Crippen LogP contribution >= 0.6 is 0 Å². The third-order valence-corrected chi connectivity index (χ3v) is 6.64. The first-order valence-corrected chi connectivity index (χ1v) is 11.1. The molecule has 8 heteroatoms. The van der Waals surface area contributed by atoms with E-state index in [2.05, 4.69) is 32.5 Å². The van der Waals surface area contributed by atoms with Gasteiger partial charge in [0.05, 0.1) is 11.7 Å². The summed E-state index contributed by atoms with van der Waals surface area (Å²) in [5, 5.41) is 15.1. The molecule has 2 N–H and O–H groups in total. The minimum absolute atomic E-state index is 0.208. The molecule has 0 radical (unpaired) electrons. The Hall–Kier alpha value is -3.68. The fourth-order valence-electron chi connectivity index (χ4n) is 4.66. The fraction of sp³-hybridized carbons (Fsp3) is 0.333. The van der Waals surface area contributed by atoms with Crippen LogP contribution in [-0.2, 0) is 11.3 Å². The number of nitrogens with one attached hydrogen (secondary N) is 2. The molecular weight excluding hydrogens is 404 g/mol. The summed E-state index contributed by atoms with van der Waals surface area (Å²) in [4.78, 5) is 26.8. The van der Waals surface area contributed by atoms with Crippen LogP contribution in [0.15, 0.2) is 53.5 Å². The molecule has 6 rings (SSSR count). The number of hydrogen-bond acceptors (Lipinski definition) is 4. The van der Waals surface area contributed by atoms with E-state index in [1.165, 1.54) is 0 Å². The van der Waals surface area contributed by atoms with Crippen molar-refractivity contribution in [3.05, 3.63) is 59.1 Å². The summed E-state index contributed by atoms with van der Waals surface area (Å²) >= 11 is 0. The lowest BCUT2D eigenvalue weighted by Crippen LogP contribution is -2.31. The van der Waals surface area contributed by atoms with Gasteiger partial charge in [0.25, 0.3) is 0 Å². The average molecular weight is 428 g/mol. The van der Waals surface area contributed by atoms with Gasteiger partial charge in [-0.25, -0.2) is 9.89 Å². The SMILES string of the molecule is O=C(C1CC1)N1CCC(Cn2c(-c3ccc(-c4ccc5cn[nH]c5c4)cc3)n[nH]c2=O)C1. The molecule has 2 aromatic carbocycles. The second-order valence-electron chi connectivity index (χ2n) is 8.93. The normalized spacial score (nSPS) is 18.5. The molecule has 1 saturated heterocycles. The van der Waals surface area contributed by atoms with Gasteiger partial charge in [-0.1, -0.05) is 36.4 Å². The Labute approximate surface area is 184 Å². The third kappa shape index (κ3) is 3.41. The van der Waals surface area contributed by atoms with Gasteiger partial charge in [0.1, 0.15) is 0 Å². The monoisotopic (exact) mass is 428 g/mol. The Morgan fingerprint density at radius 2 is 1.78 bits per heavy atom. The maximum absolute atomic E-state index is 12.5. The van der Waals surface area contributed by atoms with E-state index < -0.39 is 0 Å². The van der Waals surface area contributed by atoms with Crippen LogP contribution < -0.4 is 5.69 Å². The number of fused-ring (bicyclic) bond motifs is 1. The minimum Gasteiger partial charge on any atom is -0.342 e. The highest BCUT2D eigenvalue weighted by Gasteiger charge is 2.36. The van der Waals surface area contributed by atoms with Gasteiger partial charge in [0, 0.05) is 36.5 Å². The van der Waals surface area contributed by atoms with Crippen molar-refractivity contribution in [2.45, 2.75) is 25.8 Å². The van der Waals surface area contributed by atoms with Gasteiger partial charge in [0.15, 0.2) is 5.82 Å². The molecule has 3 heterocycles. The van der Waals surface area contributed by atoms with Crippen LogP contribution in [0.25, 0.3) is 33.4 Å². The first kappa shape index (κ1) is 19.0. The summed E-state index contributed by atoms with van der Waals surface area (Å²) in [6.45, 7) is 2.08. The second kappa shape index (κ2) is 7.47. The van der Waals surface area contributed by atoms with Gasteiger partial charge in [-0.3, -0.25) is 14.5 Å². The van der Waals surface area contributed by atoms with Crippen LogP contribution in [0.2, 0.25) is 0 Å². The highest BCUT2D eigenvalue weighted by atomic mass is 16.2. The molecule has 1 atom stereocenters. The Kier molecular flexibility index (Phi) is 4.45. The molecule has 1 aliphatic carbocycles. The number of hydrogen-bond donors (Lipinski definition) is 2. The number of carbonyl (C=O) groups is 1. The number of amides is 1. The largest absolute Gasteiger partial charge is 0.343 e. The molecule has 1 saturated carbocycles. The number of benzene rings is 2. The van der Waals surface area contributed by atoms with Gasteiger partial charge < -0.3 is 4.90 Å². The highest BCUT2D eigenvalue weighted by Crippen LogP contribution is 2.33. The van der Waals surface area contributed by atoms with E-state index in [4.69, 9.17) is 0 Å². The number of nitrogens with zero attached hydrogens (tertiary/aromatic N) is 4. The fourth-order valence-corrected chi connectivity index (χ4v) is 4.66. The Morgan fingerprint density at radius 1 is 1.00 bits per heavy atom. The summed E-state index contributed by atoms with van der Waals surface area (Å²) in [7, 11) is 0. The van der Waals surface area contributed by atoms with Crippen molar-refractivity contribution in [3.8, 4) is 22.5 Å². The zero-order valence-corrected chi connectivity index (χ0v) is 17.6. The predicted molar refractivity (Wildman–Crippen MR) is 121 cm³/mol. The summed E-state index contributed by atoms with van der Waals surface area (Å²) in [6, 6.07) is 14.3. The molecule has 1 aliphatic heterocycles. The second-order valence-corrected chi connectivity index (χ2v) is 8.93. The van der Waals surface area contributed by atoms with Crippen LogP contribution in [0, 0.1) is 11.8 Å². The van der Waals surface area contributed by atoms with Gasteiger partial charge in [-0.15, -0.1) is 0 Å². The molecule has 2 fully saturated rings. The van der Waals surface area contributed by atoms with Crippen LogP contribution in [0.1, 0.15) is 19.3 Å². The molecule has 1 amide bonds. The molecule has 8 nitrogen and oxygen atoms in total. The number of aromatic nitrogens is 5. The zero-order valence-electron chi connectivity index (χ0n) is 17.6. The summed E-state index contributed by atoms with van der Waals surface area (Å²) in [6.07, 6.45) is 4.78. The van der Waals surface area contributed by atoms with Crippen LogP contribution in [0.4, 0.5) is 0 Å². The zero-order chi connectivity index (χ0) is 21.7. The third-order valence-electron chi connectivity index (χ3n) is 6.64.